The van der Waals surface area contributed by atoms with Crippen LogP contribution in [0, 0.1) is 0 Å². The molecule has 2 heterocycles. The fourth-order valence-electron chi connectivity index (χ4n) is 2.23. The second kappa shape index (κ2) is 7.54. The highest BCUT2D eigenvalue weighted by Crippen LogP contribution is 2.22. The van der Waals surface area contributed by atoms with Gasteiger partial charge in [-0.15, -0.1) is 23.1 Å². The first-order chi connectivity index (χ1) is 12.1. The standard InChI is InChI=1S/C17H16N4O2S2/c1-24-12-6-4-11(5-7-12)19-16(22)10-21-17(23)13(18)9-14(20-21)15-3-2-8-25-15/h2-9H,10,18H2,1H3,(H,19,22). The summed E-state index contributed by atoms with van der Waals surface area (Å²) in [6.07, 6.45) is 1.98. The Morgan fingerprint density at radius 3 is 2.72 bits per heavy atom. The fraction of sp³-hybridized carbons (Fsp3) is 0.118. The van der Waals surface area contributed by atoms with Crippen molar-refractivity contribution in [3.8, 4) is 10.6 Å². The molecule has 0 saturated heterocycles. The summed E-state index contributed by atoms with van der Waals surface area (Å²) in [5, 5.41) is 8.92. The predicted molar refractivity (Wildman–Crippen MR) is 103 cm³/mol. The van der Waals surface area contributed by atoms with E-state index in [1.165, 1.54) is 17.4 Å². The Balaban J connectivity index is 1.79. The van der Waals surface area contributed by atoms with Gasteiger partial charge >= 0.3 is 0 Å². The molecule has 0 radical (unpaired) electrons. The lowest BCUT2D eigenvalue weighted by molar-refractivity contribution is -0.117. The van der Waals surface area contributed by atoms with E-state index in [2.05, 4.69) is 10.4 Å². The number of nitrogens with two attached hydrogens (primary N) is 1. The van der Waals surface area contributed by atoms with Gasteiger partial charge in [0, 0.05) is 10.6 Å². The van der Waals surface area contributed by atoms with Crippen molar-refractivity contribution in [1.82, 2.24) is 9.78 Å². The van der Waals surface area contributed by atoms with E-state index in [1.807, 2.05) is 48.0 Å². The normalized spacial score (nSPS) is 10.6. The van der Waals surface area contributed by atoms with Crippen molar-refractivity contribution >= 4 is 40.4 Å². The average molecular weight is 372 g/mol. The monoisotopic (exact) mass is 372 g/mol. The molecule has 0 aliphatic heterocycles. The molecule has 128 valence electrons. The molecule has 0 aliphatic rings. The molecular formula is C17H16N4O2S2. The molecule has 0 atom stereocenters. The number of thiophene rings is 1. The van der Waals surface area contributed by atoms with E-state index >= 15 is 0 Å². The molecule has 25 heavy (non-hydrogen) atoms. The van der Waals surface area contributed by atoms with Crippen LogP contribution >= 0.6 is 23.1 Å². The molecule has 0 fully saturated rings. The van der Waals surface area contributed by atoms with E-state index in [-0.39, 0.29) is 18.1 Å². The lowest BCUT2D eigenvalue weighted by atomic mass is 10.3. The number of aromatic nitrogens is 2. The number of amides is 1. The number of nitrogens with zero attached hydrogens (tertiary/aromatic N) is 2. The molecule has 8 heteroatoms. The lowest BCUT2D eigenvalue weighted by Crippen LogP contribution is -2.31. The summed E-state index contributed by atoms with van der Waals surface area (Å²) < 4.78 is 1.09. The summed E-state index contributed by atoms with van der Waals surface area (Å²) >= 11 is 3.11. The molecule has 1 amide bonds. The van der Waals surface area contributed by atoms with Gasteiger partial charge in [0.1, 0.15) is 17.9 Å². The molecule has 0 saturated carbocycles. The third kappa shape index (κ3) is 4.09. The lowest BCUT2D eigenvalue weighted by Gasteiger charge is -2.09. The summed E-state index contributed by atoms with van der Waals surface area (Å²) in [7, 11) is 0. The molecule has 0 spiro atoms. The van der Waals surface area contributed by atoms with Gasteiger partial charge < -0.3 is 11.1 Å². The van der Waals surface area contributed by atoms with Crippen molar-refractivity contribution in [3.63, 3.8) is 0 Å². The molecule has 0 bridgehead atoms. The second-order valence-electron chi connectivity index (χ2n) is 5.20. The van der Waals surface area contributed by atoms with Gasteiger partial charge in [0.15, 0.2) is 0 Å². The maximum absolute atomic E-state index is 12.2. The van der Waals surface area contributed by atoms with E-state index in [9.17, 15) is 9.59 Å². The number of rotatable bonds is 5. The number of benzene rings is 1. The number of nitrogen functional groups attached to an aromatic ring is 1. The molecule has 2 aromatic heterocycles. The average Bonchev–Trinajstić information content (AvgIpc) is 3.14. The zero-order valence-electron chi connectivity index (χ0n) is 13.4. The van der Waals surface area contributed by atoms with Gasteiger partial charge in [0.25, 0.3) is 5.56 Å². The molecule has 3 aromatic rings. The molecular weight excluding hydrogens is 356 g/mol. The minimum atomic E-state index is -0.479. The number of carbonyl (C=O) groups excluding carboxylic acids is 1. The Kier molecular flexibility index (Phi) is 5.20. The Labute approximate surface area is 152 Å². The first kappa shape index (κ1) is 17.2. The Morgan fingerprint density at radius 1 is 1.32 bits per heavy atom. The Morgan fingerprint density at radius 2 is 2.08 bits per heavy atom. The number of carbonyl (C=O) groups is 1. The van der Waals surface area contributed by atoms with Gasteiger partial charge in [-0.3, -0.25) is 9.59 Å². The van der Waals surface area contributed by atoms with E-state index in [4.69, 9.17) is 5.73 Å². The zero-order chi connectivity index (χ0) is 17.8. The largest absolute Gasteiger partial charge is 0.394 e. The number of anilines is 2. The van der Waals surface area contributed by atoms with Crippen LogP contribution in [0.25, 0.3) is 10.6 Å². The van der Waals surface area contributed by atoms with Crippen LogP contribution in [0.4, 0.5) is 11.4 Å². The number of thioether (sulfide) groups is 1. The van der Waals surface area contributed by atoms with Crippen molar-refractivity contribution in [2.24, 2.45) is 0 Å². The number of hydrogen-bond acceptors (Lipinski definition) is 6. The molecule has 1 aromatic carbocycles. The number of nitrogens with one attached hydrogen (secondary N) is 1. The van der Waals surface area contributed by atoms with Gasteiger partial charge in [-0.2, -0.15) is 5.10 Å². The number of hydrogen-bond donors (Lipinski definition) is 2. The summed E-state index contributed by atoms with van der Waals surface area (Å²) in [6, 6.07) is 12.8. The van der Waals surface area contributed by atoms with Crippen molar-refractivity contribution in [3.05, 3.63) is 58.2 Å². The van der Waals surface area contributed by atoms with E-state index in [1.54, 1.807) is 11.8 Å². The summed E-state index contributed by atoms with van der Waals surface area (Å²) in [5.74, 6) is -0.339. The minimum absolute atomic E-state index is 0.0653. The van der Waals surface area contributed by atoms with Crippen molar-refractivity contribution < 1.29 is 4.79 Å². The van der Waals surface area contributed by atoms with Gasteiger partial charge in [-0.1, -0.05) is 6.07 Å². The van der Waals surface area contributed by atoms with Crippen LogP contribution in [0.3, 0.4) is 0 Å². The van der Waals surface area contributed by atoms with Crippen LogP contribution in [0.5, 0.6) is 0 Å². The van der Waals surface area contributed by atoms with Gasteiger partial charge in [0.2, 0.25) is 5.91 Å². The second-order valence-corrected chi connectivity index (χ2v) is 7.03. The van der Waals surface area contributed by atoms with Crippen molar-refractivity contribution in [2.75, 3.05) is 17.3 Å². The topological polar surface area (TPSA) is 90.0 Å². The highest BCUT2D eigenvalue weighted by Gasteiger charge is 2.12. The molecule has 6 nitrogen and oxygen atoms in total. The molecule has 3 rings (SSSR count). The molecule has 3 N–H and O–H groups in total. The van der Waals surface area contributed by atoms with E-state index in [0.29, 0.717) is 11.4 Å². The van der Waals surface area contributed by atoms with Crippen LogP contribution in [0.2, 0.25) is 0 Å². The molecule has 0 unspecified atom stereocenters. The van der Waals surface area contributed by atoms with Gasteiger partial charge in [-0.05, 0) is 48.0 Å². The smallest absolute Gasteiger partial charge is 0.290 e. The van der Waals surface area contributed by atoms with Gasteiger partial charge in [0.05, 0.1) is 4.88 Å². The van der Waals surface area contributed by atoms with Crippen LogP contribution in [0.15, 0.2) is 57.5 Å². The van der Waals surface area contributed by atoms with Gasteiger partial charge in [-0.25, -0.2) is 4.68 Å². The van der Waals surface area contributed by atoms with Crippen LogP contribution in [-0.4, -0.2) is 21.9 Å². The summed E-state index contributed by atoms with van der Waals surface area (Å²) in [4.78, 5) is 26.4. The minimum Gasteiger partial charge on any atom is -0.394 e. The highest BCUT2D eigenvalue weighted by molar-refractivity contribution is 7.98. The van der Waals surface area contributed by atoms with Crippen LogP contribution in [-0.2, 0) is 11.3 Å². The summed E-state index contributed by atoms with van der Waals surface area (Å²) in [5.41, 5.74) is 6.61. The molecule has 0 aliphatic carbocycles. The maximum Gasteiger partial charge on any atom is 0.290 e. The quantitative estimate of drug-likeness (QED) is 0.672. The third-order valence-electron chi connectivity index (χ3n) is 3.44. The fourth-order valence-corrected chi connectivity index (χ4v) is 3.31. The van der Waals surface area contributed by atoms with Crippen LogP contribution < -0.4 is 16.6 Å². The van der Waals surface area contributed by atoms with E-state index in [0.717, 1.165) is 14.5 Å². The van der Waals surface area contributed by atoms with Crippen molar-refractivity contribution in [2.45, 2.75) is 11.4 Å². The first-order valence-electron chi connectivity index (χ1n) is 7.42. The Hall–Kier alpha value is -2.58. The summed E-state index contributed by atoms with van der Waals surface area (Å²) in [6.45, 7) is -0.202. The SMILES string of the molecule is CSc1ccc(NC(=O)Cn2nc(-c3cccs3)cc(N)c2=O)cc1. The van der Waals surface area contributed by atoms with Crippen LogP contribution in [0.1, 0.15) is 0 Å². The predicted octanol–water partition coefficient (Wildman–Crippen LogP) is 2.91. The first-order valence-corrected chi connectivity index (χ1v) is 9.52. The highest BCUT2D eigenvalue weighted by atomic mass is 32.2. The third-order valence-corrected chi connectivity index (χ3v) is 5.08. The van der Waals surface area contributed by atoms with Crippen molar-refractivity contribution in [1.29, 1.82) is 0 Å². The zero-order valence-corrected chi connectivity index (χ0v) is 15.1. The van der Waals surface area contributed by atoms with E-state index < -0.39 is 5.56 Å². The maximum atomic E-state index is 12.2. The Bertz CT molecular complexity index is 934.